The number of carbonyl (C=O) groups is 1. The third-order valence-corrected chi connectivity index (χ3v) is 12.9. The van der Waals surface area contributed by atoms with E-state index in [4.69, 9.17) is 5.73 Å². The van der Waals surface area contributed by atoms with Crippen LogP contribution in [0.15, 0.2) is 48.5 Å². The average molecular weight is 549 g/mol. The fourth-order valence-corrected chi connectivity index (χ4v) is 9.52. The van der Waals surface area contributed by atoms with Crippen molar-refractivity contribution in [3.05, 3.63) is 59.7 Å². The molecule has 0 aromatic heterocycles. The number of phenols is 2. The van der Waals surface area contributed by atoms with Gasteiger partial charge in [-0.25, -0.2) is 0 Å². The minimum absolute atomic E-state index is 0.198. The molecule has 0 bridgehead atoms. The van der Waals surface area contributed by atoms with Crippen molar-refractivity contribution in [2.24, 2.45) is 5.73 Å². The van der Waals surface area contributed by atoms with Gasteiger partial charge in [0.2, 0.25) is 0 Å². The fraction of sp³-hybridized carbons (Fsp3) is 0.409. The summed E-state index contributed by atoms with van der Waals surface area (Å²) in [5, 5.41) is 22.6. The summed E-state index contributed by atoms with van der Waals surface area (Å²) in [6.45, 7) is 7.82. The number of aromatic hydroxyl groups is 2. The van der Waals surface area contributed by atoms with Gasteiger partial charge < -0.3 is 0 Å². The molecule has 0 aliphatic carbocycles. The van der Waals surface area contributed by atoms with Gasteiger partial charge in [0.25, 0.3) is 0 Å². The first-order valence-electron chi connectivity index (χ1n) is 9.88. The molecule has 0 saturated carbocycles. The van der Waals surface area contributed by atoms with E-state index in [0.717, 1.165) is 22.6 Å². The molecule has 0 aliphatic heterocycles. The van der Waals surface area contributed by atoms with Crippen LogP contribution in [0.5, 0.6) is 11.5 Å². The Morgan fingerprint density at radius 1 is 0.933 bits per heavy atom. The van der Waals surface area contributed by atoms with Gasteiger partial charge in [-0.05, 0) is 0 Å². The molecule has 0 saturated heterocycles. The third kappa shape index (κ3) is 6.52. The molecule has 5 nitrogen and oxygen atoms in total. The van der Waals surface area contributed by atoms with Crippen LogP contribution >= 0.6 is 21.6 Å². The van der Waals surface area contributed by atoms with Crippen LogP contribution in [0.3, 0.4) is 0 Å². The van der Waals surface area contributed by atoms with Gasteiger partial charge in [0.05, 0.1) is 0 Å². The van der Waals surface area contributed by atoms with Crippen molar-refractivity contribution in [3.8, 4) is 11.5 Å². The zero-order chi connectivity index (χ0) is 22.2. The maximum atomic E-state index is 12.8. The van der Waals surface area contributed by atoms with Crippen LogP contribution < -0.4 is 11.1 Å². The molecule has 0 heterocycles. The topological polar surface area (TPSA) is 95.6 Å². The molecule has 0 spiro atoms. The Labute approximate surface area is 198 Å². The number of rotatable bonds is 11. The second-order valence-corrected chi connectivity index (χ2v) is 17.0. The van der Waals surface area contributed by atoms with Crippen molar-refractivity contribution in [2.45, 2.75) is 29.4 Å². The number of hydrogen-bond donors (Lipinski definition) is 4. The van der Waals surface area contributed by atoms with Crippen LogP contribution in [0.2, 0.25) is 3.17 Å². The first-order chi connectivity index (χ1) is 14.2. The molecule has 0 aliphatic rings. The van der Waals surface area contributed by atoms with Crippen molar-refractivity contribution < 1.29 is 15.0 Å². The number of phenolic OH excluding ortho intramolecular Hbond substituents is 2. The summed E-state index contributed by atoms with van der Waals surface area (Å²) in [6, 6.07) is 14.5. The van der Waals surface area contributed by atoms with E-state index in [1.807, 2.05) is 24.3 Å². The summed E-state index contributed by atoms with van der Waals surface area (Å²) in [5.41, 5.74) is 7.15. The number of hydrogen-bond acceptors (Lipinski definition) is 6. The molecule has 2 aromatic rings. The summed E-state index contributed by atoms with van der Waals surface area (Å²) in [5.74, 6) is 2.22. The summed E-state index contributed by atoms with van der Waals surface area (Å²) in [7, 11) is 3.47. The zero-order valence-electron chi connectivity index (χ0n) is 17.7. The van der Waals surface area contributed by atoms with Crippen molar-refractivity contribution in [1.82, 2.24) is 5.32 Å². The van der Waals surface area contributed by atoms with E-state index in [2.05, 4.69) is 26.1 Å². The summed E-state index contributed by atoms with van der Waals surface area (Å²) >= 11 is -1.77. The number of nitrogens with one attached hydrogen (secondary N) is 1. The second kappa shape index (κ2) is 11.6. The van der Waals surface area contributed by atoms with Crippen molar-refractivity contribution in [3.63, 3.8) is 0 Å². The molecule has 1 amide bonds. The maximum absolute atomic E-state index is 12.8. The predicted octanol–water partition coefficient (Wildman–Crippen LogP) is 4.36. The summed E-state index contributed by atoms with van der Waals surface area (Å²) in [4.78, 5) is 12.8. The molecule has 2 rings (SSSR count). The Morgan fingerprint density at radius 3 is 1.87 bits per heavy atom. The number of carbonyl (C=O) groups excluding carboxylic acids is 1. The first kappa shape index (κ1) is 25.3. The second-order valence-electron chi connectivity index (χ2n) is 7.81. The van der Waals surface area contributed by atoms with E-state index in [1.54, 1.807) is 45.9 Å². The van der Waals surface area contributed by atoms with Crippen LogP contribution in [-0.2, 0) is 5.41 Å². The van der Waals surface area contributed by atoms with Crippen molar-refractivity contribution in [1.29, 1.82) is 0 Å². The van der Waals surface area contributed by atoms with E-state index in [0.29, 0.717) is 13.1 Å². The quantitative estimate of drug-likeness (QED) is 0.246. The average Bonchev–Trinajstić information content (AvgIpc) is 2.70. The van der Waals surface area contributed by atoms with Gasteiger partial charge in [-0.2, -0.15) is 0 Å². The molecule has 0 unspecified atom stereocenters. The Bertz CT molecular complexity index is 769. The van der Waals surface area contributed by atoms with Gasteiger partial charge in [-0.15, -0.1) is 0 Å². The molecule has 8 heteroatoms. The zero-order valence-corrected chi connectivity index (χ0v) is 22.6. The van der Waals surface area contributed by atoms with E-state index in [-0.39, 0.29) is 18.3 Å². The number of benzene rings is 2. The van der Waals surface area contributed by atoms with E-state index >= 15 is 0 Å². The van der Waals surface area contributed by atoms with Gasteiger partial charge in [0, 0.05) is 0 Å². The Hall–Kier alpha value is -0.960. The van der Waals surface area contributed by atoms with Gasteiger partial charge in [0.15, 0.2) is 0 Å². The molecular formula is C22H30InN2O3S2. The molecule has 1 radical (unpaired) electrons. The Balaban J connectivity index is 2.21. The summed E-state index contributed by atoms with van der Waals surface area (Å²) < 4.78 is -0.0504. The molecular weight excluding hydrogens is 519 g/mol. The Morgan fingerprint density at radius 2 is 1.40 bits per heavy atom. The van der Waals surface area contributed by atoms with Crippen LogP contribution in [0, 0.1) is 0 Å². The SMILES string of the molecule is C[C](C)([In][C](=O)NCCSSCCN)C(C)(c1ccc(O)cc1)c1ccc(O)cc1. The van der Waals surface area contributed by atoms with Crippen molar-refractivity contribution in [2.75, 3.05) is 24.6 Å². The van der Waals surface area contributed by atoms with E-state index in [9.17, 15) is 15.0 Å². The van der Waals surface area contributed by atoms with Gasteiger partial charge >= 0.3 is 199 Å². The predicted molar refractivity (Wildman–Crippen MR) is 130 cm³/mol. The van der Waals surface area contributed by atoms with Crippen LogP contribution in [0.1, 0.15) is 31.9 Å². The Kier molecular flexibility index (Phi) is 9.78. The molecule has 0 fully saturated rings. The normalized spacial score (nSPS) is 11.9. The van der Waals surface area contributed by atoms with Crippen molar-refractivity contribution >= 4 is 48.2 Å². The monoisotopic (exact) mass is 549 g/mol. The third-order valence-electron chi connectivity index (χ3n) is 5.44. The van der Waals surface area contributed by atoms with Gasteiger partial charge in [-0.1, -0.05) is 0 Å². The molecule has 5 N–H and O–H groups in total. The van der Waals surface area contributed by atoms with E-state index < -0.39 is 28.3 Å². The van der Waals surface area contributed by atoms with Crippen LogP contribution in [0.25, 0.3) is 0 Å². The molecule has 161 valence electrons. The van der Waals surface area contributed by atoms with Crippen LogP contribution in [-0.4, -0.2) is 61.4 Å². The molecule has 2 aromatic carbocycles. The molecule has 0 atom stereocenters. The fourth-order valence-electron chi connectivity index (χ4n) is 3.41. The van der Waals surface area contributed by atoms with E-state index in [1.165, 1.54) is 0 Å². The van der Waals surface area contributed by atoms with Gasteiger partial charge in [0.1, 0.15) is 0 Å². The summed E-state index contributed by atoms with van der Waals surface area (Å²) in [6.07, 6.45) is 0. The first-order valence-corrected chi connectivity index (χ1v) is 15.7. The number of amides is 1. The number of nitrogens with two attached hydrogens (primary N) is 1. The minimum atomic E-state index is -1.77. The van der Waals surface area contributed by atoms with Gasteiger partial charge in [-0.3, -0.25) is 0 Å². The van der Waals surface area contributed by atoms with Crippen LogP contribution in [0.4, 0.5) is 4.79 Å². The standard InChI is InChI=1S/C17H19O2.C5H11N2OS2.In/c1-12(2)17(3,13-4-8-15(18)9-5-13)14-6-10-16(19)11-7-14;6-1-3-9-10-4-2-7-5-8;/h4-11,18-19H,1-3H3;1-4,6H2,(H,7,8);. The molecule has 30 heavy (non-hydrogen) atoms.